The minimum Gasteiger partial charge on any atom is -0.339 e. The minimum absolute atomic E-state index is 0.0196. The van der Waals surface area contributed by atoms with Gasteiger partial charge in [0.05, 0.1) is 10.7 Å². The largest absolute Gasteiger partial charge is 0.339 e. The van der Waals surface area contributed by atoms with E-state index in [0.717, 1.165) is 10.7 Å². The number of carbonyl (C=O) groups excluding carboxylic acids is 2. The normalized spacial score (nSPS) is 16.1. The average molecular weight is 279 g/mol. The van der Waals surface area contributed by atoms with Crippen LogP contribution in [0.1, 0.15) is 17.6 Å². The maximum atomic E-state index is 12.0. The van der Waals surface area contributed by atoms with Crippen LogP contribution in [0.25, 0.3) is 6.08 Å². The lowest BCUT2D eigenvalue weighted by molar-refractivity contribution is -0.135. The van der Waals surface area contributed by atoms with Crippen LogP contribution in [0, 0.1) is 6.92 Å². The molecule has 1 saturated heterocycles. The average Bonchev–Trinajstić information content (AvgIpc) is 2.82. The van der Waals surface area contributed by atoms with Crippen LogP contribution in [0.5, 0.6) is 0 Å². The van der Waals surface area contributed by atoms with Gasteiger partial charge in [0.2, 0.25) is 11.8 Å². The maximum absolute atomic E-state index is 12.0. The summed E-state index contributed by atoms with van der Waals surface area (Å²) < 4.78 is 0. The summed E-state index contributed by atoms with van der Waals surface area (Å²) in [5.41, 5.74) is 0.818. The summed E-state index contributed by atoms with van der Waals surface area (Å²) in [4.78, 5) is 30.9. The van der Waals surface area contributed by atoms with Crippen molar-refractivity contribution >= 4 is 29.2 Å². The van der Waals surface area contributed by atoms with Crippen molar-refractivity contribution in [2.45, 2.75) is 13.8 Å². The number of amides is 2. The second-order valence-corrected chi connectivity index (χ2v) is 5.52. The van der Waals surface area contributed by atoms with Gasteiger partial charge in [-0.2, -0.15) is 0 Å². The van der Waals surface area contributed by atoms with E-state index in [4.69, 9.17) is 0 Å². The molecule has 2 amide bonds. The SMILES string of the molecule is CC(=O)N1CCN(C(=O)/C=C/c2csc(C)n2)CC1. The number of piperazine rings is 1. The number of hydrogen-bond donors (Lipinski definition) is 0. The van der Waals surface area contributed by atoms with Gasteiger partial charge in [-0.1, -0.05) is 0 Å². The number of aryl methyl sites for hydroxylation is 1. The van der Waals surface area contributed by atoms with Gasteiger partial charge in [-0.25, -0.2) is 4.98 Å². The molecule has 1 aromatic rings. The van der Waals surface area contributed by atoms with Crippen molar-refractivity contribution in [1.29, 1.82) is 0 Å². The van der Waals surface area contributed by atoms with E-state index in [2.05, 4.69) is 4.98 Å². The number of rotatable bonds is 2. The Morgan fingerprint density at radius 1 is 1.26 bits per heavy atom. The fourth-order valence-electron chi connectivity index (χ4n) is 1.96. The molecule has 0 radical (unpaired) electrons. The summed E-state index contributed by atoms with van der Waals surface area (Å²) in [5, 5.41) is 2.91. The number of carbonyl (C=O) groups is 2. The van der Waals surface area contributed by atoms with Gasteiger partial charge in [-0.15, -0.1) is 11.3 Å². The lowest BCUT2D eigenvalue weighted by Crippen LogP contribution is -2.49. The Kier molecular flexibility index (Phi) is 4.31. The number of hydrogen-bond acceptors (Lipinski definition) is 4. The summed E-state index contributed by atoms with van der Waals surface area (Å²) in [6, 6.07) is 0. The quantitative estimate of drug-likeness (QED) is 0.763. The van der Waals surface area contributed by atoms with E-state index in [0.29, 0.717) is 26.2 Å². The molecular weight excluding hydrogens is 262 g/mol. The van der Waals surface area contributed by atoms with Gasteiger partial charge in [0.15, 0.2) is 0 Å². The third kappa shape index (κ3) is 3.64. The van der Waals surface area contributed by atoms with Gasteiger partial charge < -0.3 is 9.80 Å². The second-order valence-electron chi connectivity index (χ2n) is 4.46. The monoisotopic (exact) mass is 279 g/mol. The molecule has 2 heterocycles. The smallest absolute Gasteiger partial charge is 0.246 e. The zero-order chi connectivity index (χ0) is 13.8. The predicted molar refractivity (Wildman–Crippen MR) is 74.7 cm³/mol. The molecular formula is C13H17N3O2S. The Labute approximate surface area is 116 Å². The molecule has 1 aromatic heterocycles. The number of aromatic nitrogens is 1. The topological polar surface area (TPSA) is 53.5 Å². The maximum Gasteiger partial charge on any atom is 0.246 e. The first-order valence-corrected chi connectivity index (χ1v) is 7.09. The zero-order valence-corrected chi connectivity index (χ0v) is 11.9. The van der Waals surface area contributed by atoms with Crippen LogP contribution >= 0.6 is 11.3 Å². The predicted octanol–water partition coefficient (Wildman–Crippen LogP) is 1.16. The van der Waals surface area contributed by atoms with Crippen LogP contribution in [0.4, 0.5) is 0 Å². The Bertz CT molecular complexity index is 502. The molecule has 5 nitrogen and oxygen atoms in total. The van der Waals surface area contributed by atoms with E-state index in [1.165, 1.54) is 0 Å². The van der Waals surface area contributed by atoms with Crippen LogP contribution in [0.15, 0.2) is 11.5 Å². The Hall–Kier alpha value is -1.69. The molecule has 0 aromatic carbocycles. The van der Waals surface area contributed by atoms with Crippen molar-refractivity contribution < 1.29 is 9.59 Å². The molecule has 0 saturated carbocycles. The molecule has 19 heavy (non-hydrogen) atoms. The molecule has 1 fully saturated rings. The Balaban J connectivity index is 1.88. The zero-order valence-electron chi connectivity index (χ0n) is 11.1. The van der Waals surface area contributed by atoms with Gasteiger partial charge in [0.1, 0.15) is 0 Å². The molecule has 1 aliphatic rings. The molecule has 0 bridgehead atoms. The van der Waals surface area contributed by atoms with Crippen LogP contribution < -0.4 is 0 Å². The van der Waals surface area contributed by atoms with E-state index in [9.17, 15) is 9.59 Å². The van der Waals surface area contributed by atoms with Gasteiger partial charge in [-0.3, -0.25) is 9.59 Å². The van der Waals surface area contributed by atoms with Crippen molar-refractivity contribution in [1.82, 2.24) is 14.8 Å². The number of nitrogens with zero attached hydrogens (tertiary/aromatic N) is 3. The summed E-state index contributed by atoms with van der Waals surface area (Å²) in [6.07, 6.45) is 3.29. The summed E-state index contributed by atoms with van der Waals surface area (Å²) in [5.74, 6) is 0.0504. The van der Waals surface area contributed by atoms with E-state index < -0.39 is 0 Å². The first-order valence-electron chi connectivity index (χ1n) is 6.21. The summed E-state index contributed by atoms with van der Waals surface area (Å²) >= 11 is 1.56. The van der Waals surface area contributed by atoms with Crippen molar-refractivity contribution in [3.8, 4) is 0 Å². The van der Waals surface area contributed by atoms with E-state index in [1.54, 1.807) is 40.2 Å². The highest BCUT2D eigenvalue weighted by molar-refractivity contribution is 7.09. The molecule has 0 N–H and O–H groups in total. The lowest BCUT2D eigenvalue weighted by Gasteiger charge is -2.33. The van der Waals surface area contributed by atoms with E-state index in [1.807, 2.05) is 12.3 Å². The van der Waals surface area contributed by atoms with Gasteiger partial charge in [0.25, 0.3) is 0 Å². The summed E-state index contributed by atoms with van der Waals surface area (Å²) in [6.45, 7) is 5.92. The standard InChI is InChI=1S/C13H17N3O2S/c1-10-14-12(9-19-10)3-4-13(18)16-7-5-15(6-8-16)11(2)17/h3-4,9H,5-8H2,1-2H3/b4-3+. The molecule has 0 aliphatic carbocycles. The Morgan fingerprint density at radius 2 is 1.89 bits per heavy atom. The van der Waals surface area contributed by atoms with Crippen LogP contribution in [0.3, 0.4) is 0 Å². The van der Waals surface area contributed by atoms with Crippen LogP contribution in [-0.4, -0.2) is 52.8 Å². The molecule has 0 spiro atoms. The number of thiazole rings is 1. The molecule has 2 rings (SSSR count). The minimum atomic E-state index is -0.0196. The van der Waals surface area contributed by atoms with Crippen molar-refractivity contribution in [2.75, 3.05) is 26.2 Å². The van der Waals surface area contributed by atoms with Crippen molar-refractivity contribution in [3.05, 3.63) is 22.2 Å². The highest BCUT2D eigenvalue weighted by Crippen LogP contribution is 2.10. The second kappa shape index (κ2) is 5.97. The van der Waals surface area contributed by atoms with Gasteiger partial charge >= 0.3 is 0 Å². The first kappa shape index (κ1) is 13.7. The highest BCUT2D eigenvalue weighted by Gasteiger charge is 2.20. The molecule has 102 valence electrons. The fourth-order valence-corrected chi connectivity index (χ4v) is 2.54. The summed E-state index contributed by atoms with van der Waals surface area (Å²) in [7, 11) is 0. The molecule has 0 atom stereocenters. The van der Waals surface area contributed by atoms with E-state index >= 15 is 0 Å². The fraction of sp³-hybridized carbons (Fsp3) is 0.462. The van der Waals surface area contributed by atoms with Crippen molar-refractivity contribution in [3.63, 3.8) is 0 Å². The Morgan fingerprint density at radius 3 is 2.42 bits per heavy atom. The lowest BCUT2D eigenvalue weighted by atomic mass is 10.3. The first-order chi connectivity index (χ1) is 9.06. The third-order valence-electron chi connectivity index (χ3n) is 3.07. The van der Waals surface area contributed by atoms with Crippen molar-refractivity contribution in [2.24, 2.45) is 0 Å². The molecule has 6 heteroatoms. The third-order valence-corrected chi connectivity index (χ3v) is 3.86. The van der Waals surface area contributed by atoms with Gasteiger partial charge in [0, 0.05) is 44.6 Å². The molecule has 0 unspecified atom stereocenters. The van der Waals surface area contributed by atoms with Crippen LogP contribution in [0.2, 0.25) is 0 Å². The van der Waals surface area contributed by atoms with Gasteiger partial charge in [-0.05, 0) is 13.0 Å². The van der Waals surface area contributed by atoms with Crippen LogP contribution in [-0.2, 0) is 9.59 Å². The molecule has 1 aliphatic heterocycles. The van der Waals surface area contributed by atoms with E-state index in [-0.39, 0.29) is 11.8 Å². The highest BCUT2D eigenvalue weighted by atomic mass is 32.1.